The third kappa shape index (κ3) is 2.95. The van der Waals surface area contributed by atoms with Crippen molar-refractivity contribution >= 4 is 5.91 Å². The molecule has 0 aromatic carbocycles. The van der Waals surface area contributed by atoms with E-state index < -0.39 is 5.91 Å². The molecule has 1 N–H and O–H groups in total. The zero-order valence-corrected chi connectivity index (χ0v) is 11.4. The van der Waals surface area contributed by atoms with Crippen LogP contribution in [0.1, 0.15) is 10.5 Å². The smallest absolute Gasteiger partial charge is 0.273 e. The highest BCUT2D eigenvalue weighted by Gasteiger charge is 2.14. The Morgan fingerprint density at radius 3 is 2.95 bits per heavy atom. The molecular weight excluding hydrogens is 288 g/mol. The number of aromatic nitrogens is 3. The summed E-state index contributed by atoms with van der Waals surface area (Å²) in [5.74, 6) is 0.466. The van der Waals surface area contributed by atoms with Gasteiger partial charge in [-0.3, -0.25) is 9.59 Å². The van der Waals surface area contributed by atoms with Crippen molar-refractivity contribution in [3.05, 3.63) is 58.8 Å². The first-order chi connectivity index (χ1) is 10.7. The summed E-state index contributed by atoms with van der Waals surface area (Å²) >= 11 is 0. The summed E-state index contributed by atoms with van der Waals surface area (Å²) in [6, 6.07) is 7.87. The number of carbonyl (C=O) groups excluding carboxylic acids is 1. The van der Waals surface area contributed by atoms with Crippen molar-refractivity contribution in [2.75, 3.05) is 6.54 Å². The van der Waals surface area contributed by atoms with E-state index in [1.54, 1.807) is 18.2 Å². The Balaban J connectivity index is 1.59. The number of furan rings is 1. The van der Waals surface area contributed by atoms with Gasteiger partial charge in [-0.1, -0.05) is 5.16 Å². The molecule has 0 spiro atoms. The van der Waals surface area contributed by atoms with E-state index in [2.05, 4.69) is 15.6 Å². The van der Waals surface area contributed by atoms with Gasteiger partial charge in [0.15, 0.2) is 11.5 Å². The van der Waals surface area contributed by atoms with Crippen LogP contribution in [-0.4, -0.2) is 27.4 Å². The monoisotopic (exact) mass is 300 g/mol. The highest BCUT2D eigenvalue weighted by molar-refractivity contribution is 5.92. The topological polar surface area (TPSA) is 103 Å². The molecule has 112 valence electrons. The second-order valence-electron chi connectivity index (χ2n) is 4.39. The van der Waals surface area contributed by atoms with Crippen molar-refractivity contribution in [2.24, 2.45) is 0 Å². The van der Waals surface area contributed by atoms with Crippen LogP contribution in [0.4, 0.5) is 0 Å². The van der Waals surface area contributed by atoms with Crippen LogP contribution in [0.3, 0.4) is 0 Å². The van der Waals surface area contributed by atoms with Gasteiger partial charge in [-0.05, 0) is 18.2 Å². The molecule has 0 unspecified atom stereocenters. The zero-order valence-electron chi connectivity index (χ0n) is 11.4. The molecule has 0 aliphatic heterocycles. The van der Waals surface area contributed by atoms with Crippen molar-refractivity contribution in [1.29, 1.82) is 0 Å². The van der Waals surface area contributed by atoms with Gasteiger partial charge in [-0.2, -0.15) is 5.10 Å². The first-order valence-electron chi connectivity index (χ1n) is 6.55. The Hall–Kier alpha value is -3.16. The Labute approximate surface area is 124 Å². The number of rotatable bonds is 5. The maximum Gasteiger partial charge on any atom is 0.273 e. The van der Waals surface area contributed by atoms with E-state index in [9.17, 15) is 9.59 Å². The highest BCUT2D eigenvalue weighted by Crippen LogP contribution is 2.20. The van der Waals surface area contributed by atoms with Crippen LogP contribution in [0, 0.1) is 0 Å². The van der Waals surface area contributed by atoms with Crippen LogP contribution < -0.4 is 10.9 Å². The number of carbonyl (C=O) groups is 1. The molecule has 0 fully saturated rings. The lowest BCUT2D eigenvalue weighted by atomic mass is 10.3. The molecule has 0 aliphatic rings. The Morgan fingerprint density at radius 2 is 2.18 bits per heavy atom. The van der Waals surface area contributed by atoms with E-state index in [4.69, 9.17) is 8.94 Å². The molecule has 0 bridgehead atoms. The van der Waals surface area contributed by atoms with Gasteiger partial charge in [0.25, 0.3) is 11.5 Å². The fourth-order valence-electron chi connectivity index (χ4n) is 1.84. The number of hydrogen-bond acceptors (Lipinski definition) is 6. The molecule has 0 saturated heterocycles. The van der Waals surface area contributed by atoms with E-state index >= 15 is 0 Å². The van der Waals surface area contributed by atoms with Gasteiger partial charge in [0.1, 0.15) is 0 Å². The summed E-state index contributed by atoms with van der Waals surface area (Å²) in [4.78, 5) is 23.4. The maximum absolute atomic E-state index is 11.9. The summed E-state index contributed by atoms with van der Waals surface area (Å²) in [6.07, 6.45) is 3.01. The van der Waals surface area contributed by atoms with Crippen LogP contribution in [0.2, 0.25) is 0 Å². The maximum atomic E-state index is 11.9. The van der Waals surface area contributed by atoms with Crippen LogP contribution >= 0.6 is 0 Å². The summed E-state index contributed by atoms with van der Waals surface area (Å²) in [7, 11) is 0. The van der Waals surface area contributed by atoms with Crippen molar-refractivity contribution in [1.82, 2.24) is 20.3 Å². The molecule has 3 rings (SSSR count). The molecule has 8 heteroatoms. The first kappa shape index (κ1) is 13.8. The minimum atomic E-state index is -0.398. The average molecular weight is 300 g/mol. The number of amides is 1. The van der Waals surface area contributed by atoms with Crippen LogP contribution in [0.5, 0.6) is 0 Å². The van der Waals surface area contributed by atoms with Gasteiger partial charge in [0.05, 0.1) is 12.8 Å². The average Bonchev–Trinajstić information content (AvgIpc) is 3.20. The molecule has 8 nitrogen and oxygen atoms in total. The van der Waals surface area contributed by atoms with Gasteiger partial charge in [-0.25, -0.2) is 4.68 Å². The van der Waals surface area contributed by atoms with Gasteiger partial charge in [0, 0.05) is 24.9 Å². The minimum absolute atomic E-state index is 0.139. The molecule has 1 amide bonds. The van der Waals surface area contributed by atoms with E-state index in [1.165, 1.54) is 29.3 Å². The molecule has 0 atom stereocenters. The van der Waals surface area contributed by atoms with Crippen molar-refractivity contribution in [2.45, 2.75) is 6.54 Å². The van der Waals surface area contributed by atoms with Crippen LogP contribution in [0.25, 0.3) is 11.5 Å². The van der Waals surface area contributed by atoms with Gasteiger partial charge >= 0.3 is 0 Å². The SMILES string of the molecule is O=C(NCCn1ncccc1=O)c1cc(-c2ccco2)on1. The Bertz CT molecular complexity index is 819. The summed E-state index contributed by atoms with van der Waals surface area (Å²) in [5, 5.41) is 10.2. The molecular formula is C14H12N4O4. The predicted molar refractivity (Wildman–Crippen MR) is 75.0 cm³/mol. The van der Waals surface area contributed by atoms with E-state index in [0.717, 1.165) is 0 Å². The normalized spacial score (nSPS) is 10.5. The molecule has 3 aromatic heterocycles. The Morgan fingerprint density at radius 1 is 1.27 bits per heavy atom. The number of nitrogens with zero attached hydrogens (tertiary/aromatic N) is 3. The quantitative estimate of drug-likeness (QED) is 0.751. The number of nitrogens with one attached hydrogen (secondary N) is 1. The van der Waals surface area contributed by atoms with Crippen molar-refractivity contribution < 1.29 is 13.7 Å². The largest absolute Gasteiger partial charge is 0.461 e. The first-order valence-corrected chi connectivity index (χ1v) is 6.55. The highest BCUT2D eigenvalue weighted by atomic mass is 16.5. The van der Waals surface area contributed by atoms with Crippen molar-refractivity contribution in [3.63, 3.8) is 0 Å². The standard InChI is InChI=1S/C14H12N4O4/c19-13-4-1-5-16-18(13)7-6-15-14(20)10-9-12(22-17-10)11-3-2-8-21-11/h1-5,8-9H,6-7H2,(H,15,20). The van der Waals surface area contributed by atoms with Crippen LogP contribution in [-0.2, 0) is 6.54 Å². The lowest BCUT2D eigenvalue weighted by Crippen LogP contribution is -2.31. The van der Waals surface area contributed by atoms with Crippen LogP contribution in [0.15, 0.2) is 56.5 Å². The van der Waals surface area contributed by atoms with E-state index in [1.807, 2.05) is 0 Å². The van der Waals surface area contributed by atoms with Gasteiger partial charge in [0.2, 0.25) is 5.76 Å². The minimum Gasteiger partial charge on any atom is -0.461 e. The van der Waals surface area contributed by atoms with E-state index in [0.29, 0.717) is 11.5 Å². The zero-order chi connectivity index (χ0) is 15.4. The summed E-state index contributed by atoms with van der Waals surface area (Å²) < 4.78 is 11.5. The predicted octanol–water partition coefficient (Wildman–Crippen LogP) is 0.921. The summed E-state index contributed by atoms with van der Waals surface area (Å²) in [5.41, 5.74) is -0.0851. The number of hydrogen-bond donors (Lipinski definition) is 1. The molecule has 3 heterocycles. The second-order valence-corrected chi connectivity index (χ2v) is 4.39. The molecule has 0 saturated carbocycles. The van der Waals surface area contributed by atoms with E-state index in [-0.39, 0.29) is 24.3 Å². The lowest BCUT2D eigenvalue weighted by molar-refractivity contribution is 0.0942. The molecule has 0 radical (unpaired) electrons. The molecule has 0 aliphatic carbocycles. The van der Waals surface area contributed by atoms with Gasteiger partial charge < -0.3 is 14.3 Å². The molecule has 22 heavy (non-hydrogen) atoms. The Kier molecular flexibility index (Phi) is 3.82. The van der Waals surface area contributed by atoms with Gasteiger partial charge in [-0.15, -0.1) is 0 Å². The fraction of sp³-hybridized carbons (Fsp3) is 0.143. The second kappa shape index (κ2) is 6.08. The lowest BCUT2D eigenvalue weighted by Gasteiger charge is -2.04. The summed E-state index contributed by atoms with van der Waals surface area (Å²) in [6.45, 7) is 0.521. The molecule has 3 aromatic rings. The fourth-order valence-corrected chi connectivity index (χ4v) is 1.84. The third-order valence-electron chi connectivity index (χ3n) is 2.90. The third-order valence-corrected chi connectivity index (χ3v) is 2.90. The van der Waals surface area contributed by atoms with Crippen molar-refractivity contribution in [3.8, 4) is 11.5 Å².